The first-order valence-electron chi connectivity index (χ1n) is 6.68. The maximum absolute atomic E-state index is 3.76. The van der Waals surface area contributed by atoms with Crippen LogP contribution < -0.4 is 5.32 Å². The molecule has 1 saturated heterocycles. The Morgan fingerprint density at radius 3 is 2.60 bits per heavy atom. The van der Waals surface area contributed by atoms with Gasteiger partial charge in [0.25, 0.3) is 0 Å². The third-order valence-electron chi connectivity index (χ3n) is 4.82. The van der Waals surface area contributed by atoms with Crippen LogP contribution in [-0.4, -0.2) is 36.1 Å². The maximum Gasteiger partial charge on any atom is 0.0309 e. The Bertz CT molecular complexity index is 245. The van der Waals surface area contributed by atoms with Crippen LogP contribution in [0.3, 0.4) is 0 Å². The summed E-state index contributed by atoms with van der Waals surface area (Å²) in [5.41, 5.74) is 0.432. The standard InChI is InChI=1S/C13H24N2/c1-10(11-3-4-11)15-8-7-14-13(2,9-15)12-5-6-12/h10-12,14H,3-9H2,1-2H3. The summed E-state index contributed by atoms with van der Waals surface area (Å²) >= 11 is 0. The predicted molar refractivity (Wildman–Crippen MR) is 62.9 cm³/mol. The second kappa shape index (κ2) is 3.46. The van der Waals surface area contributed by atoms with E-state index in [4.69, 9.17) is 0 Å². The van der Waals surface area contributed by atoms with Crippen LogP contribution in [0.2, 0.25) is 0 Å². The van der Waals surface area contributed by atoms with Crippen LogP contribution in [0.25, 0.3) is 0 Å². The number of hydrogen-bond donors (Lipinski definition) is 1. The van der Waals surface area contributed by atoms with E-state index in [-0.39, 0.29) is 0 Å². The van der Waals surface area contributed by atoms with E-state index in [1.807, 2.05) is 0 Å². The van der Waals surface area contributed by atoms with Gasteiger partial charge in [-0.15, -0.1) is 0 Å². The van der Waals surface area contributed by atoms with Crippen LogP contribution in [0.5, 0.6) is 0 Å². The van der Waals surface area contributed by atoms with Gasteiger partial charge in [0.1, 0.15) is 0 Å². The van der Waals surface area contributed by atoms with Gasteiger partial charge in [0.05, 0.1) is 0 Å². The highest BCUT2D eigenvalue weighted by Crippen LogP contribution is 2.42. The molecule has 3 aliphatic rings. The highest BCUT2D eigenvalue weighted by Gasteiger charge is 2.45. The molecule has 3 fully saturated rings. The van der Waals surface area contributed by atoms with Gasteiger partial charge < -0.3 is 5.32 Å². The summed E-state index contributed by atoms with van der Waals surface area (Å²) in [4.78, 5) is 2.74. The molecule has 1 aliphatic heterocycles. The van der Waals surface area contributed by atoms with Crippen molar-refractivity contribution in [3.8, 4) is 0 Å². The van der Waals surface area contributed by atoms with Crippen LogP contribution in [-0.2, 0) is 0 Å². The zero-order valence-electron chi connectivity index (χ0n) is 10.1. The van der Waals surface area contributed by atoms with Gasteiger partial charge in [0.2, 0.25) is 0 Å². The van der Waals surface area contributed by atoms with Gasteiger partial charge in [-0.1, -0.05) is 0 Å². The summed E-state index contributed by atoms with van der Waals surface area (Å²) in [6.07, 6.45) is 5.86. The van der Waals surface area contributed by atoms with Crippen LogP contribution in [0, 0.1) is 11.8 Å². The normalized spacial score (nSPS) is 40.4. The Kier molecular flexibility index (Phi) is 2.33. The number of nitrogens with zero attached hydrogens (tertiary/aromatic N) is 1. The first-order chi connectivity index (χ1) is 7.19. The van der Waals surface area contributed by atoms with Gasteiger partial charge in [0, 0.05) is 31.2 Å². The van der Waals surface area contributed by atoms with Crippen molar-refractivity contribution in [3.63, 3.8) is 0 Å². The second-order valence-corrected chi connectivity index (χ2v) is 6.17. The fourth-order valence-corrected chi connectivity index (χ4v) is 3.26. The molecule has 2 unspecified atom stereocenters. The van der Waals surface area contributed by atoms with E-state index in [2.05, 4.69) is 24.1 Å². The molecule has 0 aromatic rings. The van der Waals surface area contributed by atoms with E-state index in [0.29, 0.717) is 5.54 Å². The first kappa shape index (κ1) is 10.1. The molecule has 2 saturated carbocycles. The summed E-state index contributed by atoms with van der Waals surface area (Å²) in [6, 6.07) is 0.838. The summed E-state index contributed by atoms with van der Waals surface area (Å²) < 4.78 is 0. The molecule has 0 bridgehead atoms. The quantitative estimate of drug-likeness (QED) is 0.761. The van der Waals surface area contributed by atoms with E-state index in [1.165, 1.54) is 45.3 Å². The average Bonchev–Trinajstić information content (AvgIpc) is 3.04. The molecule has 0 amide bonds. The van der Waals surface area contributed by atoms with E-state index in [1.54, 1.807) is 0 Å². The van der Waals surface area contributed by atoms with Crippen molar-refractivity contribution in [2.24, 2.45) is 11.8 Å². The van der Waals surface area contributed by atoms with Crippen molar-refractivity contribution in [2.45, 2.75) is 51.1 Å². The molecule has 0 aromatic heterocycles. The fourth-order valence-electron chi connectivity index (χ4n) is 3.26. The van der Waals surface area contributed by atoms with Crippen LogP contribution in [0.15, 0.2) is 0 Å². The number of piperazine rings is 1. The molecule has 2 heteroatoms. The molecule has 0 aromatic carbocycles. The third kappa shape index (κ3) is 1.94. The Balaban J connectivity index is 1.64. The number of nitrogens with one attached hydrogen (secondary N) is 1. The summed E-state index contributed by atoms with van der Waals surface area (Å²) in [7, 11) is 0. The molecule has 1 heterocycles. The lowest BCUT2D eigenvalue weighted by molar-refractivity contribution is 0.0860. The minimum atomic E-state index is 0.432. The van der Waals surface area contributed by atoms with E-state index in [0.717, 1.165) is 17.9 Å². The lowest BCUT2D eigenvalue weighted by atomic mass is 9.92. The number of hydrogen-bond acceptors (Lipinski definition) is 2. The Labute approximate surface area is 93.4 Å². The fraction of sp³-hybridized carbons (Fsp3) is 1.00. The molecule has 2 atom stereocenters. The van der Waals surface area contributed by atoms with Crippen LogP contribution in [0.1, 0.15) is 39.5 Å². The Hall–Kier alpha value is -0.0800. The lowest BCUT2D eigenvalue weighted by Crippen LogP contribution is -2.61. The molecule has 2 aliphatic carbocycles. The monoisotopic (exact) mass is 208 g/mol. The smallest absolute Gasteiger partial charge is 0.0309 e. The minimum Gasteiger partial charge on any atom is -0.309 e. The summed E-state index contributed by atoms with van der Waals surface area (Å²) in [6.45, 7) is 8.63. The van der Waals surface area contributed by atoms with Crippen molar-refractivity contribution < 1.29 is 0 Å². The minimum absolute atomic E-state index is 0.432. The molecular formula is C13H24N2. The third-order valence-corrected chi connectivity index (χ3v) is 4.82. The van der Waals surface area contributed by atoms with E-state index < -0.39 is 0 Å². The van der Waals surface area contributed by atoms with Crippen LogP contribution in [0.4, 0.5) is 0 Å². The van der Waals surface area contributed by atoms with Crippen molar-refractivity contribution in [1.29, 1.82) is 0 Å². The van der Waals surface area contributed by atoms with E-state index in [9.17, 15) is 0 Å². The van der Waals surface area contributed by atoms with Gasteiger partial charge in [-0.05, 0) is 51.4 Å². The molecule has 1 N–H and O–H groups in total. The van der Waals surface area contributed by atoms with Crippen molar-refractivity contribution in [2.75, 3.05) is 19.6 Å². The summed E-state index contributed by atoms with van der Waals surface area (Å²) in [5, 5.41) is 3.76. The topological polar surface area (TPSA) is 15.3 Å². The van der Waals surface area contributed by atoms with Gasteiger partial charge in [0.15, 0.2) is 0 Å². The first-order valence-corrected chi connectivity index (χ1v) is 6.68. The molecule has 2 nitrogen and oxygen atoms in total. The predicted octanol–water partition coefficient (Wildman–Crippen LogP) is 1.86. The van der Waals surface area contributed by atoms with Gasteiger partial charge in [-0.25, -0.2) is 0 Å². The van der Waals surface area contributed by atoms with Crippen LogP contribution >= 0.6 is 0 Å². The van der Waals surface area contributed by atoms with Crippen molar-refractivity contribution in [3.05, 3.63) is 0 Å². The van der Waals surface area contributed by atoms with Gasteiger partial charge in [-0.2, -0.15) is 0 Å². The number of rotatable bonds is 3. The van der Waals surface area contributed by atoms with Crippen molar-refractivity contribution >= 4 is 0 Å². The van der Waals surface area contributed by atoms with E-state index >= 15 is 0 Å². The Morgan fingerprint density at radius 1 is 1.27 bits per heavy atom. The maximum atomic E-state index is 3.76. The van der Waals surface area contributed by atoms with Gasteiger partial charge in [-0.3, -0.25) is 4.90 Å². The molecule has 86 valence electrons. The van der Waals surface area contributed by atoms with Crippen molar-refractivity contribution in [1.82, 2.24) is 10.2 Å². The SMILES string of the molecule is CC(C1CC1)N1CCNC(C)(C2CC2)C1. The Morgan fingerprint density at radius 2 is 2.00 bits per heavy atom. The zero-order valence-corrected chi connectivity index (χ0v) is 10.1. The lowest BCUT2D eigenvalue weighted by Gasteiger charge is -2.44. The molecule has 0 spiro atoms. The summed E-state index contributed by atoms with van der Waals surface area (Å²) in [5.74, 6) is 1.98. The molecule has 3 rings (SSSR count). The molecule has 15 heavy (non-hydrogen) atoms. The second-order valence-electron chi connectivity index (χ2n) is 6.17. The van der Waals surface area contributed by atoms with Gasteiger partial charge >= 0.3 is 0 Å². The molecular weight excluding hydrogens is 184 g/mol. The molecule has 0 radical (unpaired) electrons. The zero-order chi connectivity index (χ0) is 10.5. The highest BCUT2D eigenvalue weighted by molar-refractivity contribution is 5.03. The largest absolute Gasteiger partial charge is 0.309 e. The average molecular weight is 208 g/mol. The highest BCUT2D eigenvalue weighted by atomic mass is 15.2.